The van der Waals surface area contributed by atoms with Gasteiger partial charge in [0.2, 0.25) is 0 Å². The van der Waals surface area contributed by atoms with Crippen LogP contribution in [0, 0.1) is 5.82 Å². The number of piperazine rings is 1. The Bertz CT molecular complexity index is 1160. The lowest BCUT2D eigenvalue weighted by atomic mass is 10.1. The molecule has 0 saturated carbocycles. The molecule has 0 radical (unpaired) electrons. The normalized spacial score (nSPS) is 15.0. The van der Waals surface area contributed by atoms with Gasteiger partial charge >= 0.3 is 5.97 Å². The zero-order valence-corrected chi connectivity index (χ0v) is 19.3. The zero-order valence-electron chi connectivity index (χ0n) is 19.3. The average Bonchev–Trinajstić information content (AvgIpc) is 2.75. The van der Waals surface area contributed by atoms with E-state index in [-0.39, 0.29) is 17.7 Å². The number of hydrogen-bond acceptors (Lipinski definition) is 8. The van der Waals surface area contributed by atoms with Crippen molar-refractivity contribution in [3.63, 3.8) is 0 Å². The SMILES string of the molecule is CN1CCN(c2cnc3c(Oc4ccc(CC(=O)OC(C)(C)C)c(F)c4)ccnc3n2)CC1. The second kappa shape index (κ2) is 9.27. The molecule has 0 N–H and O–H groups in total. The molecule has 33 heavy (non-hydrogen) atoms. The van der Waals surface area contributed by atoms with Gasteiger partial charge in [0.25, 0.3) is 0 Å². The Kier molecular flexibility index (Phi) is 6.42. The van der Waals surface area contributed by atoms with Gasteiger partial charge in [0.15, 0.2) is 16.9 Å². The van der Waals surface area contributed by atoms with E-state index in [1.807, 2.05) is 0 Å². The van der Waals surface area contributed by atoms with Crippen LogP contribution in [0.5, 0.6) is 11.5 Å². The Hall–Kier alpha value is -3.33. The third-order valence-electron chi connectivity index (χ3n) is 5.23. The van der Waals surface area contributed by atoms with Gasteiger partial charge in [-0.15, -0.1) is 0 Å². The predicted octanol–water partition coefficient (Wildman–Crippen LogP) is 3.59. The quantitative estimate of drug-likeness (QED) is 0.542. The molecule has 4 rings (SSSR count). The van der Waals surface area contributed by atoms with Crippen molar-refractivity contribution < 1.29 is 18.7 Å². The maximum absolute atomic E-state index is 14.6. The summed E-state index contributed by atoms with van der Waals surface area (Å²) in [5.74, 6) is 0.467. The molecule has 1 fully saturated rings. The lowest BCUT2D eigenvalue weighted by molar-refractivity contribution is -0.153. The van der Waals surface area contributed by atoms with E-state index in [9.17, 15) is 9.18 Å². The molecule has 174 valence electrons. The highest BCUT2D eigenvalue weighted by molar-refractivity contribution is 5.78. The Morgan fingerprint density at radius 2 is 1.88 bits per heavy atom. The molecule has 1 aliphatic heterocycles. The number of carbonyl (C=O) groups is 1. The van der Waals surface area contributed by atoms with Crippen LogP contribution in [0.4, 0.5) is 10.2 Å². The summed E-state index contributed by atoms with van der Waals surface area (Å²) in [6.07, 6.45) is 3.15. The molecule has 0 bridgehead atoms. The van der Waals surface area contributed by atoms with Crippen LogP contribution >= 0.6 is 0 Å². The molecule has 0 spiro atoms. The van der Waals surface area contributed by atoms with Gasteiger partial charge in [-0.05, 0) is 39.4 Å². The summed E-state index contributed by atoms with van der Waals surface area (Å²) in [6, 6.07) is 6.05. The van der Waals surface area contributed by atoms with Gasteiger partial charge in [0, 0.05) is 44.5 Å². The fourth-order valence-corrected chi connectivity index (χ4v) is 3.55. The van der Waals surface area contributed by atoms with Gasteiger partial charge in [-0.3, -0.25) is 4.79 Å². The number of carbonyl (C=O) groups excluding carboxylic acids is 1. The van der Waals surface area contributed by atoms with E-state index in [1.54, 1.807) is 45.3 Å². The number of pyridine rings is 1. The number of aromatic nitrogens is 3. The van der Waals surface area contributed by atoms with Gasteiger partial charge in [-0.1, -0.05) is 6.07 Å². The first kappa shape index (κ1) is 22.8. The van der Waals surface area contributed by atoms with Crippen molar-refractivity contribution in [2.45, 2.75) is 32.8 Å². The van der Waals surface area contributed by atoms with E-state index in [1.165, 1.54) is 12.1 Å². The molecule has 1 saturated heterocycles. The first-order valence-electron chi connectivity index (χ1n) is 10.9. The zero-order chi connectivity index (χ0) is 23.6. The number of ether oxygens (including phenoxy) is 2. The van der Waals surface area contributed by atoms with Crippen LogP contribution in [0.2, 0.25) is 0 Å². The number of rotatable bonds is 5. The highest BCUT2D eigenvalue weighted by Crippen LogP contribution is 2.29. The van der Waals surface area contributed by atoms with E-state index < -0.39 is 17.4 Å². The first-order chi connectivity index (χ1) is 15.7. The van der Waals surface area contributed by atoms with Crippen LogP contribution in [0.3, 0.4) is 0 Å². The van der Waals surface area contributed by atoms with Crippen LogP contribution in [0.15, 0.2) is 36.7 Å². The van der Waals surface area contributed by atoms with Gasteiger partial charge < -0.3 is 19.3 Å². The van der Waals surface area contributed by atoms with E-state index in [2.05, 4.69) is 31.8 Å². The van der Waals surface area contributed by atoms with Crippen LogP contribution in [-0.4, -0.2) is 64.6 Å². The topological polar surface area (TPSA) is 80.7 Å². The summed E-state index contributed by atoms with van der Waals surface area (Å²) in [5.41, 5.74) is 0.580. The highest BCUT2D eigenvalue weighted by atomic mass is 19.1. The van der Waals surface area contributed by atoms with Crippen LogP contribution < -0.4 is 9.64 Å². The lowest BCUT2D eigenvalue weighted by Gasteiger charge is -2.32. The molecule has 0 unspecified atom stereocenters. The summed E-state index contributed by atoms with van der Waals surface area (Å²) in [5, 5.41) is 0. The molecule has 3 heterocycles. The fourth-order valence-electron chi connectivity index (χ4n) is 3.55. The summed E-state index contributed by atoms with van der Waals surface area (Å²) in [6.45, 7) is 9.00. The van der Waals surface area contributed by atoms with E-state index >= 15 is 0 Å². The monoisotopic (exact) mass is 453 g/mol. The molecule has 3 aromatic rings. The summed E-state index contributed by atoms with van der Waals surface area (Å²) in [7, 11) is 2.10. The minimum absolute atomic E-state index is 0.151. The van der Waals surface area contributed by atoms with Crippen LogP contribution in [0.25, 0.3) is 11.2 Å². The van der Waals surface area contributed by atoms with Crippen molar-refractivity contribution in [2.75, 3.05) is 38.1 Å². The molecular formula is C24H28FN5O3. The third kappa shape index (κ3) is 5.73. The number of esters is 1. The molecular weight excluding hydrogens is 425 g/mol. The molecule has 1 aromatic carbocycles. The second-order valence-corrected chi connectivity index (χ2v) is 9.12. The van der Waals surface area contributed by atoms with Crippen molar-refractivity contribution >= 4 is 23.0 Å². The number of fused-ring (bicyclic) bond motifs is 1. The van der Waals surface area contributed by atoms with Crippen LogP contribution in [-0.2, 0) is 16.0 Å². The van der Waals surface area contributed by atoms with Crippen LogP contribution in [0.1, 0.15) is 26.3 Å². The number of halogens is 1. The van der Waals surface area contributed by atoms with E-state index in [0.29, 0.717) is 16.9 Å². The molecule has 9 heteroatoms. The van der Waals surface area contributed by atoms with E-state index in [4.69, 9.17) is 9.47 Å². The maximum Gasteiger partial charge on any atom is 0.310 e. The molecule has 8 nitrogen and oxygen atoms in total. The number of hydrogen-bond donors (Lipinski definition) is 0. The highest BCUT2D eigenvalue weighted by Gasteiger charge is 2.19. The Morgan fingerprint density at radius 3 is 2.58 bits per heavy atom. The largest absolute Gasteiger partial charge is 0.460 e. The maximum atomic E-state index is 14.6. The first-order valence-corrected chi connectivity index (χ1v) is 10.9. The summed E-state index contributed by atoms with van der Waals surface area (Å²) in [4.78, 5) is 30.0. The van der Waals surface area contributed by atoms with Crippen molar-refractivity contribution in [2.24, 2.45) is 0 Å². The minimum atomic E-state index is -0.621. The smallest absolute Gasteiger partial charge is 0.310 e. The summed E-state index contributed by atoms with van der Waals surface area (Å²) >= 11 is 0. The fraction of sp³-hybridized carbons (Fsp3) is 0.417. The third-order valence-corrected chi connectivity index (χ3v) is 5.23. The van der Waals surface area contributed by atoms with Crippen molar-refractivity contribution in [3.05, 3.63) is 48.0 Å². The van der Waals surface area contributed by atoms with E-state index in [0.717, 1.165) is 32.0 Å². The summed E-state index contributed by atoms with van der Waals surface area (Å²) < 4.78 is 25.8. The number of benzene rings is 1. The Balaban J connectivity index is 1.50. The molecule has 0 aliphatic carbocycles. The van der Waals surface area contributed by atoms with Gasteiger partial charge in [0.1, 0.15) is 23.0 Å². The molecule has 1 aliphatic rings. The number of anilines is 1. The second-order valence-electron chi connectivity index (χ2n) is 9.12. The molecule has 0 atom stereocenters. The van der Waals surface area contributed by atoms with Crippen molar-refractivity contribution in [1.29, 1.82) is 0 Å². The lowest BCUT2D eigenvalue weighted by Crippen LogP contribution is -2.44. The number of likely N-dealkylation sites (N-methyl/N-ethyl adjacent to an activating group) is 1. The predicted molar refractivity (Wildman–Crippen MR) is 123 cm³/mol. The minimum Gasteiger partial charge on any atom is -0.460 e. The van der Waals surface area contributed by atoms with Gasteiger partial charge in [-0.2, -0.15) is 0 Å². The molecule has 2 aromatic heterocycles. The number of nitrogens with zero attached hydrogens (tertiary/aromatic N) is 5. The van der Waals surface area contributed by atoms with Crippen molar-refractivity contribution in [1.82, 2.24) is 19.9 Å². The molecule has 0 amide bonds. The van der Waals surface area contributed by atoms with Gasteiger partial charge in [-0.25, -0.2) is 19.3 Å². The Morgan fingerprint density at radius 1 is 1.12 bits per heavy atom. The van der Waals surface area contributed by atoms with Crippen molar-refractivity contribution in [3.8, 4) is 11.5 Å². The van der Waals surface area contributed by atoms with Gasteiger partial charge in [0.05, 0.1) is 12.6 Å². The average molecular weight is 454 g/mol. The standard InChI is InChI=1S/C24H28FN5O3/c1-24(2,3)33-21(31)13-16-5-6-17(14-18(16)25)32-19-7-8-26-23-22(19)27-15-20(28-23)30-11-9-29(4)10-12-30/h5-8,14-15H,9-13H2,1-4H3. The Labute approximate surface area is 192 Å².